The first-order valence-corrected chi connectivity index (χ1v) is 37.6. The smallest absolute Gasteiger partial charge is 0.160 e. The van der Waals surface area contributed by atoms with Gasteiger partial charge >= 0.3 is 0 Å². The van der Waals surface area contributed by atoms with Gasteiger partial charge in [0.1, 0.15) is 0 Å². The van der Waals surface area contributed by atoms with E-state index in [2.05, 4.69) is 386 Å². The Morgan fingerprint density at radius 2 is 0.546 bits per heavy atom. The lowest BCUT2D eigenvalue weighted by Crippen LogP contribution is -2.15. The van der Waals surface area contributed by atoms with E-state index in [1.54, 1.807) is 0 Å². The molecule has 0 fully saturated rings. The molecule has 0 aliphatic heterocycles. The summed E-state index contributed by atoms with van der Waals surface area (Å²) in [4.78, 5) is 11.0. The van der Waals surface area contributed by atoms with Gasteiger partial charge in [-0.25, -0.2) is 9.97 Å². The normalized spacial score (nSPS) is 13.5. The number of hydrogen-bond donors (Lipinski definition) is 0. The molecular formula is C102H68N6. The predicted octanol–water partition coefficient (Wildman–Crippen LogP) is 26.5. The molecule has 21 aromatic rings. The highest BCUT2D eigenvalue weighted by Crippen LogP contribution is 2.52. The van der Waals surface area contributed by atoms with Crippen LogP contribution in [0.1, 0.15) is 49.9 Å². The van der Waals surface area contributed by atoms with E-state index in [0.29, 0.717) is 5.82 Å². The molecule has 506 valence electrons. The maximum Gasteiger partial charge on any atom is 0.160 e. The van der Waals surface area contributed by atoms with E-state index in [0.717, 1.165) is 71.9 Å². The van der Waals surface area contributed by atoms with Crippen LogP contribution in [0.3, 0.4) is 0 Å². The predicted molar refractivity (Wildman–Crippen MR) is 451 cm³/mol. The number of para-hydroxylation sites is 4. The first-order valence-electron chi connectivity index (χ1n) is 37.6. The van der Waals surface area contributed by atoms with Crippen molar-refractivity contribution in [2.75, 3.05) is 0 Å². The summed E-state index contributed by atoms with van der Waals surface area (Å²) in [5.41, 5.74) is 33.1. The third kappa shape index (κ3) is 8.65. The minimum Gasteiger partial charge on any atom is -0.309 e. The minimum absolute atomic E-state index is 0.0961. The van der Waals surface area contributed by atoms with Gasteiger partial charge < -0.3 is 18.3 Å². The van der Waals surface area contributed by atoms with Gasteiger partial charge in [-0.3, -0.25) is 0 Å². The van der Waals surface area contributed by atoms with Gasteiger partial charge in [-0.05, 0) is 217 Å². The van der Waals surface area contributed by atoms with Crippen molar-refractivity contribution in [3.63, 3.8) is 0 Å². The van der Waals surface area contributed by atoms with Gasteiger partial charge in [0.15, 0.2) is 5.82 Å². The Morgan fingerprint density at radius 1 is 0.222 bits per heavy atom. The molecule has 108 heavy (non-hydrogen) atoms. The molecule has 0 bridgehead atoms. The van der Waals surface area contributed by atoms with Crippen molar-refractivity contribution in [3.8, 4) is 89.9 Å². The van der Waals surface area contributed by atoms with E-state index in [9.17, 15) is 0 Å². The Balaban J connectivity index is 0.577. The van der Waals surface area contributed by atoms with E-state index in [4.69, 9.17) is 9.97 Å². The maximum atomic E-state index is 5.58. The van der Waals surface area contributed by atoms with Gasteiger partial charge in [0.2, 0.25) is 0 Å². The molecule has 5 aromatic heterocycles. The van der Waals surface area contributed by atoms with Crippen LogP contribution >= 0.6 is 0 Å². The molecule has 2 aliphatic carbocycles. The Morgan fingerprint density at radius 3 is 0.972 bits per heavy atom. The van der Waals surface area contributed by atoms with E-state index in [-0.39, 0.29) is 10.8 Å². The second-order valence-corrected chi connectivity index (χ2v) is 30.8. The van der Waals surface area contributed by atoms with Crippen LogP contribution in [0.5, 0.6) is 0 Å². The van der Waals surface area contributed by atoms with Crippen LogP contribution in [0.25, 0.3) is 199 Å². The largest absolute Gasteiger partial charge is 0.309 e. The lowest BCUT2D eigenvalue weighted by atomic mass is 9.82. The molecule has 5 heterocycles. The summed E-state index contributed by atoms with van der Waals surface area (Å²) in [6.07, 6.45) is 0. The Kier molecular flexibility index (Phi) is 12.6. The van der Waals surface area contributed by atoms with E-state index < -0.39 is 0 Å². The van der Waals surface area contributed by atoms with Crippen molar-refractivity contribution < 1.29 is 0 Å². The third-order valence-corrected chi connectivity index (χ3v) is 24.4. The van der Waals surface area contributed by atoms with Gasteiger partial charge in [0.05, 0.1) is 55.3 Å². The summed E-state index contributed by atoms with van der Waals surface area (Å²) in [6, 6.07) is 126. The molecule has 0 saturated carbocycles. The first-order chi connectivity index (χ1) is 53.1. The summed E-state index contributed by atoms with van der Waals surface area (Å²) in [5, 5.41) is 13.1. The van der Waals surface area contributed by atoms with Gasteiger partial charge in [-0.2, -0.15) is 0 Å². The Hall–Kier alpha value is -13.7. The molecule has 0 radical (unpaired) electrons. The third-order valence-electron chi connectivity index (χ3n) is 24.4. The van der Waals surface area contributed by atoms with E-state index in [1.165, 1.54) is 143 Å². The zero-order chi connectivity index (χ0) is 71.4. The summed E-state index contributed by atoms with van der Waals surface area (Å²) < 4.78 is 9.73. The van der Waals surface area contributed by atoms with Crippen LogP contribution < -0.4 is 0 Å². The number of hydrogen-bond acceptors (Lipinski definition) is 2. The molecule has 0 atom stereocenters. The van der Waals surface area contributed by atoms with Crippen LogP contribution in [0.4, 0.5) is 0 Å². The zero-order valence-electron chi connectivity index (χ0n) is 60.0. The minimum atomic E-state index is -0.0967. The number of fused-ring (bicyclic) bond motifs is 21. The average molecular weight is 1380 g/mol. The fraction of sp³-hybridized carbons (Fsp3) is 0.0588. The molecule has 0 spiro atoms. The highest BCUT2D eigenvalue weighted by atomic mass is 15.0. The van der Waals surface area contributed by atoms with Gasteiger partial charge in [-0.1, -0.05) is 228 Å². The van der Waals surface area contributed by atoms with Crippen LogP contribution in [-0.4, -0.2) is 28.2 Å². The van der Waals surface area contributed by atoms with Crippen molar-refractivity contribution in [1.29, 1.82) is 0 Å². The second-order valence-electron chi connectivity index (χ2n) is 30.8. The first kappa shape index (κ1) is 60.7. The maximum absolute atomic E-state index is 5.58. The summed E-state index contributed by atoms with van der Waals surface area (Å²) in [5.74, 6) is 0.676. The van der Waals surface area contributed by atoms with Crippen molar-refractivity contribution >= 4 is 109 Å². The quantitative estimate of drug-likeness (QED) is 0.142. The zero-order valence-corrected chi connectivity index (χ0v) is 60.0. The summed E-state index contributed by atoms with van der Waals surface area (Å²) >= 11 is 0. The van der Waals surface area contributed by atoms with Crippen LogP contribution in [0.2, 0.25) is 0 Å². The second kappa shape index (κ2) is 22.4. The highest BCUT2D eigenvalue weighted by molar-refractivity contribution is 6.16. The molecule has 2 aliphatic rings. The van der Waals surface area contributed by atoms with Crippen molar-refractivity contribution in [2.45, 2.75) is 38.5 Å². The standard InChI is InChI=1S/C102H68N6/c1-101(2)85-27-13-7-21-73(85)75-48-46-70(59-87(75)101)107-92-31-17-11-25-79(92)83-57-66(40-53-96(83)107)64-38-51-94-81(55-64)77-23-9-15-29-90(77)105(94)68-42-33-62(34-43-68)99-98-72-20-6-5-19-61(72)37-50-89(98)103-100(104-99)63-35-44-69(45-36-63)106-91-30-16-10-24-78(91)82-56-65(39-52-95(82)106)67-41-54-97-84(58-67)80-26-12-18-32-93(80)108(97)71-47-49-76-74-22-8-14-28-86(74)102(3,4)88(76)60-71/h5-60H,1-4H3. The topological polar surface area (TPSA) is 45.5 Å². The Bertz CT molecular complexity index is 7470. The highest BCUT2D eigenvalue weighted by Gasteiger charge is 2.37. The van der Waals surface area contributed by atoms with E-state index in [1.807, 2.05) is 0 Å². The van der Waals surface area contributed by atoms with Crippen LogP contribution in [-0.2, 0) is 10.8 Å². The lowest BCUT2D eigenvalue weighted by Gasteiger charge is -2.22. The van der Waals surface area contributed by atoms with Gasteiger partial charge in [0.25, 0.3) is 0 Å². The monoisotopic (exact) mass is 1380 g/mol. The number of rotatable bonds is 8. The molecule has 16 aromatic carbocycles. The fourth-order valence-electron chi connectivity index (χ4n) is 19.2. The number of benzene rings is 16. The van der Waals surface area contributed by atoms with Gasteiger partial charge in [-0.15, -0.1) is 0 Å². The molecule has 0 unspecified atom stereocenters. The van der Waals surface area contributed by atoms with Crippen molar-refractivity contribution in [3.05, 3.63) is 362 Å². The molecule has 0 saturated heterocycles. The summed E-state index contributed by atoms with van der Waals surface area (Å²) in [7, 11) is 0. The van der Waals surface area contributed by atoms with Gasteiger partial charge in [0, 0.05) is 93.2 Å². The SMILES string of the molecule is CC1(C)c2ccccc2-c2ccc(-n3c4ccccc4c4cc(-c5ccc6c(c5)c5ccccc5n6-c5ccc(-c6nc(-c7ccc(-n8c9ccccc9c9cc(-c%10ccc%11c(c%10)c%10ccccc%10n%11-c%10ccc%11c(c%10)C(C)(C)c%10ccccc%10-%11)ccc98)cc7)c7c(ccc8ccccc87)n6)cc5)ccc43)cc21. The van der Waals surface area contributed by atoms with Crippen molar-refractivity contribution in [1.82, 2.24) is 28.2 Å². The Labute approximate surface area is 623 Å². The van der Waals surface area contributed by atoms with Crippen molar-refractivity contribution in [2.24, 2.45) is 0 Å². The molecule has 6 nitrogen and oxygen atoms in total. The van der Waals surface area contributed by atoms with E-state index >= 15 is 0 Å². The molecule has 23 rings (SSSR count). The fourth-order valence-corrected chi connectivity index (χ4v) is 19.2. The lowest BCUT2D eigenvalue weighted by molar-refractivity contribution is 0.660. The number of nitrogens with zero attached hydrogens (tertiary/aromatic N) is 6. The summed E-state index contributed by atoms with van der Waals surface area (Å²) in [6.45, 7) is 9.45. The van der Waals surface area contributed by atoms with Crippen LogP contribution in [0, 0.1) is 0 Å². The molecule has 6 heteroatoms. The number of aromatic nitrogens is 6. The molecular weight excluding hydrogens is 1310 g/mol. The molecule has 0 N–H and O–H groups in total. The molecule has 0 amide bonds. The average Bonchev–Trinajstić information content (AvgIpc) is 1.53. The van der Waals surface area contributed by atoms with Crippen LogP contribution in [0.15, 0.2) is 340 Å².